The minimum Gasteiger partial charge on any atom is -1.00 e. The number of aryl methyl sites for hydroxylation is 1. The highest BCUT2D eigenvalue weighted by Crippen LogP contribution is 2.08. The molecule has 116 valence electrons. The molecule has 0 atom stereocenters. The fourth-order valence-corrected chi connectivity index (χ4v) is 2.58. The van der Waals surface area contributed by atoms with E-state index in [1.807, 2.05) is 6.92 Å². The Morgan fingerprint density at radius 3 is 1.71 bits per heavy atom. The van der Waals surface area contributed by atoms with Crippen LogP contribution >= 0.6 is 0 Å². The van der Waals surface area contributed by atoms with Crippen molar-refractivity contribution >= 4 is 21.0 Å². The van der Waals surface area contributed by atoms with Crippen LogP contribution < -0.4 is 12.4 Å². The highest BCUT2D eigenvalue weighted by atomic mass is 35.5. The van der Waals surface area contributed by atoms with Crippen molar-refractivity contribution in [2.45, 2.75) is 16.7 Å². The van der Waals surface area contributed by atoms with Crippen molar-refractivity contribution in [3.05, 3.63) is 60.2 Å². The molecule has 0 fully saturated rings. The largest absolute Gasteiger partial charge is 1.00 e. The Balaban J connectivity index is 0.000000370. The minimum absolute atomic E-state index is 0. The summed E-state index contributed by atoms with van der Waals surface area (Å²) in [6.07, 6.45) is 4.46. The average Bonchev–Trinajstić information content (AvgIpc) is 2.40. The van der Waals surface area contributed by atoms with E-state index in [-0.39, 0.29) is 17.3 Å². The van der Waals surface area contributed by atoms with Crippen LogP contribution in [0.1, 0.15) is 5.56 Å². The summed E-state index contributed by atoms with van der Waals surface area (Å²) >= 11 is 0. The standard InChI is InChI=1S/C8H11S.C7H8O3S.ClH/c1-9(2)8-6-4-3-5-7-8;1-6-2-4-7(5-3-6)11(8,9)10;/h3-7H,1-2H3;2-5H,1H3,(H,8,9,10);1H/q+1;;/p-1. The summed E-state index contributed by atoms with van der Waals surface area (Å²) in [4.78, 5) is 1.38. The van der Waals surface area contributed by atoms with Gasteiger partial charge in [-0.05, 0) is 31.2 Å². The summed E-state index contributed by atoms with van der Waals surface area (Å²) in [7, 11) is -3.60. The third kappa shape index (κ3) is 7.52. The van der Waals surface area contributed by atoms with E-state index in [4.69, 9.17) is 4.55 Å². The van der Waals surface area contributed by atoms with Gasteiger partial charge in [-0.3, -0.25) is 4.55 Å². The maximum Gasteiger partial charge on any atom is 0.294 e. The summed E-state index contributed by atoms with van der Waals surface area (Å²) in [6.45, 7) is 1.84. The highest BCUT2D eigenvalue weighted by molar-refractivity contribution is 7.95. The van der Waals surface area contributed by atoms with Crippen LogP contribution in [0.2, 0.25) is 0 Å². The first-order chi connectivity index (χ1) is 9.30. The van der Waals surface area contributed by atoms with Crippen molar-refractivity contribution in [3.8, 4) is 0 Å². The molecule has 2 aromatic carbocycles. The summed E-state index contributed by atoms with van der Waals surface area (Å²) in [5, 5.41) is 0. The van der Waals surface area contributed by atoms with Crippen LogP contribution in [0.15, 0.2) is 64.4 Å². The SMILES string of the molecule is C[S+](C)c1ccccc1.Cc1ccc(S(=O)(=O)O)cc1.[Cl-]. The lowest BCUT2D eigenvalue weighted by molar-refractivity contribution is -0.00000843. The van der Waals surface area contributed by atoms with Crippen LogP contribution in [0.5, 0.6) is 0 Å². The van der Waals surface area contributed by atoms with E-state index in [1.54, 1.807) is 12.1 Å². The first-order valence-electron chi connectivity index (χ1n) is 5.97. The van der Waals surface area contributed by atoms with Crippen LogP contribution in [0.3, 0.4) is 0 Å². The van der Waals surface area contributed by atoms with Crippen molar-refractivity contribution in [1.82, 2.24) is 0 Å². The molecule has 0 aliphatic heterocycles. The zero-order valence-corrected chi connectivity index (χ0v) is 14.5. The Bertz CT molecular complexity index is 624. The quantitative estimate of drug-likeness (QED) is 0.623. The summed E-state index contributed by atoms with van der Waals surface area (Å²) in [5.74, 6) is 0. The molecular formula is C15H19ClO3S2. The Kier molecular flexibility index (Phi) is 8.66. The number of benzene rings is 2. The van der Waals surface area contributed by atoms with Gasteiger partial charge in [0.2, 0.25) is 0 Å². The van der Waals surface area contributed by atoms with E-state index in [0.717, 1.165) is 5.56 Å². The second kappa shape index (κ2) is 9.10. The van der Waals surface area contributed by atoms with E-state index in [2.05, 4.69) is 42.8 Å². The molecule has 0 unspecified atom stereocenters. The van der Waals surface area contributed by atoms with Gasteiger partial charge in [-0.25, -0.2) is 0 Å². The Hall–Kier alpha value is -1.01. The van der Waals surface area contributed by atoms with Crippen molar-refractivity contribution in [3.63, 3.8) is 0 Å². The van der Waals surface area contributed by atoms with Gasteiger partial charge in [0.15, 0.2) is 4.90 Å². The first-order valence-corrected chi connectivity index (χ1v) is 9.45. The van der Waals surface area contributed by atoms with Crippen molar-refractivity contribution < 1.29 is 25.4 Å². The molecule has 0 heterocycles. The zero-order valence-electron chi connectivity index (χ0n) is 12.2. The number of hydrogen-bond donors (Lipinski definition) is 1. The molecule has 2 rings (SSSR count). The third-order valence-electron chi connectivity index (χ3n) is 2.53. The van der Waals surface area contributed by atoms with Crippen molar-refractivity contribution in [1.29, 1.82) is 0 Å². The van der Waals surface area contributed by atoms with E-state index in [9.17, 15) is 8.42 Å². The van der Waals surface area contributed by atoms with Gasteiger partial charge in [0.1, 0.15) is 12.5 Å². The lowest BCUT2D eigenvalue weighted by atomic mass is 10.2. The predicted octanol–water partition coefficient (Wildman–Crippen LogP) is 0.169. The summed E-state index contributed by atoms with van der Waals surface area (Å²) in [6, 6.07) is 16.6. The average molecular weight is 347 g/mol. The number of halogens is 1. The molecule has 0 spiro atoms. The molecule has 0 aliphatic rings. The molecule has 3 nitrogen and oxygen atoms in total. The lowest BCUT2D eigenvalue weighted by Gasteiger charge is -1.95. The third-order valence-corrected chi connectivity index (χ3v) is 4.62. The van der Waals surface area contributed by atoms with Gasteiger partial charge in [-0.15, -0.1) is 0 Å². The molecule has 0 radical (unpaired) electrons. The second-order valence-electron chi connectivity index (χ2n) is 4.42. The molecule has 0 saturated carbocycles. The highest BCUT2D eigenvalue weighted by Gasteiger charge is 2.06. The molecule has 0 saturated heterocycles. The Morgan fingerprint density at radius 1 is 0.905 bits per heavy atom. The minimum atomic E-state index is -4.02. The molecule has 0 aromatic heterocycles. The van der Waals surface area contributed by atoms with Gasteiger partial charge in [-0.2, -0.15) is 8.42 Å². The van der Waals surface area contributed by atoms with E-state index >= 15 is 0 Å². The van der Waals surface area contributed by atoms with Gasteiger partial charge in [-0.1, -0.05) is 35.9 Å². The number of rotatable bonds is 2. The van der Waals surface area contributed by atoms with Gasteiger partial charge in [0.05, 0.1) is 4.90 Å². The smallest absolute Gasteiger partial charge is 0.294 e. The molecule has 0 amide bonds. The van der Waals surface area contributed by atoms with E-state index in [1.165, 1.54) is 17.0 Å². The summed E-state index contributed by atoms with van der Waals surface area (Å²) in [5.41, 5.74) is 0.956. The van der Waals surface area contributed by atoms with Gasteiger partial charge in [0.25, 0.3) is 10.1 Å². The molecule has 0 aliphatic carbocycles. The van der Waals surface area contributed by atoms with Crippen LogP contribution in [-0.4, -0.2) is 25.5 Å². The first kappa shape index (κ1) is 20.0. The fourth-order valence-electron chi connectivity index (χ4n) is 1.40. The Labute approximate surface area is 135 Å². The molecule has 2 aromatic rings. The zero-order chi connectivity index (χ0) is 15.2. The van der Waals surface area contributed by atoms with Crippen molar-refractivity contribution in [2.24, 2.45) is 0 Å². The lowest BCUT2D eigenvalue weighted by Crippen LogP contribution is -3.00. The van der Waals surface area contributed by atoms with Crippen LogP contribution in [0.4, 0.5) is 0 Å². The fraction of sp³-hybridized carbons (Fsp3) is 0.200. The van der Waals surface area contributed by atoms with Gasteiger partial charge >= 0.3 is 0 Å². The maximum atomic E-state index is 10.5. The molecule has 21 heavy (non-hydrogen) atoms. The molecule has 6 heteroatoms. The molecule has 1 N–H and O–H groups in total. The van der Waals surface area contributed by atoms with Crippen LogP contribution in [0, 0.1) is 6.92 Å². The van der Waals surface area contributed by atoms with Crippen LogP contribution in [0.25, 0.3) is 0 Å². The number of hydrogen-bond acceptors (Lipinski definition) is 2. The Morgan fingerprint density at radius 2 is 1.38 bits per heavy atom. The second-order valence-corrected chi connectivity index (χ2v) is 7.94. The normalized spacial score (nSPS) is 10.3. The van der Waals surface area contributed by atoms with Crippen molar-refractivity contribution in [2.75, 3.05) is 12.5 Å². The molecule has 0 bridgehead atoms. The topological polar surface area (TPSA) is 54.4 Å². The maximum absolute atomic E-state index is 10.5. The molecular weight excluding hydrogens is 328 g/mol. The monoisotopic (exact) mass is 346 g/mol. The van der Waals surface area contributed by atoms with Gasteiger partial charge < -0.3 is 12.4 Å². The van der Waals surface area contributed by atoms with E-state index < -0.39 is 10.1 Å². The summed E-state index contributed by atoms with van der Waals surface area (Å²) < 4.78 is 29.6. The predicted molar refractivity (Wildman–Crippen MR) is 84.9 cm³/mol. The van der Waals surface area contributed by atoms with Gasteiger partial charge in [0, 0.05) is 10.9 Å². The van der Waals surface area contributed by atoms with Crippen LogP contribution in [-0.2, 0) is 21.0 Å². The van der Waals surface area contributed by atoms with E-state index in [0.29, 0.717) is 10.9 Å².